The number of rotatable bonds is 1. The van der Waals surface area contributed by atoms with Crippen LogP contribution in [0.4, 0.5) is 0 Å². The summed E-state index contributed by atoms with van der Waals surface area (Å²) in [6.45, 7) is 2.01. The highest BCUT2D eigenvalue weighted by molar-refractivity contribution is 6.15. The number of carbonyl (C=O) groups is 2. The van der Waals surface area contributed by atoms with Gasteiger partial charge in [0.25, 0.3) is 0 Å². The summed E-state index contributed by atoms with van der Waals surface area (Å²) in [6, 6.07) is 3.65. The van der Waals surface area contributed by atoms with Crippen molar-refractivity contribution in [1.29, 1.82) is 0 Å². The summed E-state index contributed by atoms with van der Waals surface area (Å²) >= 11 is 0. The van der Waals surface area contributed by atoms with E-state index < -0.39 is 11.9 Å². The van der Waals surface area contributed by atoms with Crippen LogP contribution in [0.15, 0.2) is 12.1 Å². The van der Waals surface area contributed by atoms with Crippen molar-refractivity contribution in [3.63, 3.8) is 0 Å². The molecule has 0 atom stereocenters. The SMILES string of the molecule is Cc1ccc2c(c1C1CCCCC1)C(=O)OC2=O. The van der Waals surface area contributed by atoms with E-state index in [1.165, 1.54) is 19.3 Å². The Labute approximate surface area is 106 Å². The van der Waals surface area contributed by atoms with Crippen LogP contribution in [0.2, 0.25) is 0 Å². The summed E-state index contributed by atoms with van der Waals surface area (Å²) in [6.07, 6.45) is 5.90. The third-order valence-corrected chi connectivity index (χ3v) is 4.09. The second kappa shape index (κ2) is 4.23. The Kier molecular flexibility index (Phi) is 2.69. The first-order chi connectivity index (χ1) is 8.68. The van der Waals surface area contributed by atoms with Crippen molar-refractivity contribution in [2.24, 2.45) is 0 Å². The zero-order chi connectivity index (χ0) is 12.7. The monoisotopic (exact) mass is 244 g/mol. The summed E-state index contributed by atoms with van der Waals surface area (Å²) < 4.78 is 4.74. The predicted molar refractivity (Wildman–Crippen MR) is 66.8 cm³/mol. The predicted octanol–water partition coefficient (Wildman–Crippen LogP) is 3.35. The molecule has 0 radical (unpaired) electrons. The van der Waals surface area contributed by atoms with Crippen LogP contribution in [0.25, 0.3) is 0 Å². The molecule has 1 aromatic rings. The van der Waals surface area contributed by atoms with Crippen LogP contribution in [0.5, 0.6) is 0 Å². The van der Waals surface area contributed by atoms with Gasteiger partial charge in [-0.05, 0) is 42.9 Å². The molecule has 0 N–H and O–H groups in total. The Bertz CT molecular complexity index is 525. The number of benzene rings is 1. The average molecular weight is 244 g/mol. The summed E-state index contributed by atoms with van der Waals surface area (Å²) in [4.78, 5) is 23.4. The normalized spacial score (nSPS) is 19.8. The first-order valence-electron chi connectivity index (χ1n) is 6.58. The molecule has 1 heterocycles. The molecule has 1 fully saturated rings. The fourth-order valence-corrected chi connectivity index (χ4v) is 3.22. The maximum absolute atomic E-state index is 11.8. The maximum Gasteiger partial charge on any atom is 0.347 e. The Morgan fingerprint density at radius 2 is 1.78 bits per heavy atom. The summed E-state index contributed by atoms with van der Waals surface area (Å²) in [7, 11) is 0. The maximum atomic E-state index is 11.8. The van der Waals surface area contributed by atoms with E-state index in [1.54, 1.807) is 6.07 Å². The van der Waals surface area contributed by atoms with Crippen molar-refractivity contribution < 1.29 is 14.3 Å². The Morgan fingerprint density at radius 3 is 2.50 bits per heavy atom. The molecule has 0 bridgehead atoms. The van der Waals surface area contributed by atoms with Crippen molar-refractivity contribution in [3.8, 4) is 0 Å². The van der Waals surface area contributed by atoms with Gasteiger partial charge in [-0.2, -0.15) is 0 Å². The molecule has 1 aliphatic carbocycles. The first-order valence-corrected chi connectivity index (χ1v) is 6.58. The highest BCUT2D eigenvalue weighted by Gasteiger charge is 2.35. The van der Waals surface area contributed by atoms with Gasteiger partial charge in [0, 0.05) is 0 Å². The molecular formula is C15H16O3. The number of esters is 2. The lowest BCUT2D eigenvalue weighted by molar-refractivity contribution is 0.0443. The molecule has 0 saturated heterocycles. The van der Waals surface area contributed by atoms with E-state index in [-0.39, 0.29) is 0 Å². The van der Waals surface area contributed by atoms with Crippen molar-refractivity contribution in [3.05, 3.63) is 34.4 Å². The number of hydrogen-bond donors (Lipinski definition) is 0. The lowest BCUT2D eigenvalue weighted by atomic mass is 9.79. The van der Waals surface area contributed by atoms with Crippen molar-refractivity contribution in [2.75, 3.05) is 0 Å². The number of fused-ring (bicyclic) bond motifs is 1. The second-order valence-corrected chi connectivity index (χ2v) is 5.23. The number of carbonyl (C=O) groups excluding carboxylic acids is 2. The lowest BCUT2D eigenvalue weighted by Gasteiger charge is -2.24. The average Bonchev–Trinajstić information content (AvgIpc) is 2.66. The van der Waals surface area contributed by atoms with Crippen LogP contribution in [0.3, 0.4) is 0 Å². The minimum Gasteiger partial charge on any atom is -0.386 e. The first kappa shape index (κ1) is 11.5. The van der Waals surface area contributed by atoms with Crippen LogP contribution in [0, 0.1) is 6.92 Å². The molecular weight excluding hydrogens is 228 g/mol. The van der Waals surface area contributed by atoms with Crippen molar-refractivity contribution >= 4 is 11.9 Å². The third-order valence-electron chi connectivity index (χ3n) is 4.09. The fraction of sp³-hybridized carbons (Fsp3) is 0.467. The van der Waals surface area contributed by atoms with Crippen LogP contribution in [-0.2, 0) is 4.74 Å². The Hall–Kier alpha value is -1.64. The molecule has 18 heavy (non-hydrogen) atoms. The molecule has 1 aromatic carbocycles. The highest BCUT2D eigenvalue weighted by Crippen LogP contribution is 2.39. The van der Waals surface area contributed by atoms with E-state index in [1.807, 2.05) is 13.0 Å². The number of aryl methyl sites for hydroxylation is 1. The molecule has 0 aromatic heterocycles. The molecule has 0 spiro atoms. The smallest absolute Gasteiger partial charge is 0.347 e. The molecule has 1 aliphatic heterocycles. The van der Waals surface area contributed by atoms with Gasteiger partial charge in [0.1, 0.15) is 0 Å². The zero-order valence-electron chi connectivity index (χ0n) is 10.5. The van der Waals surface area contributed by atoms with E-state index in [0.29, 0.717) is 17.0 Å². The van der Waals surface area contributed by atoms with Gasteiger partial charge in [0.15, 0.2) is 0 Å². The molecule has 3 heteroatoms. The topological polar surface area (TPSA) is 43.4 Å². The largest absolute Gasteiger partial charge is 0.386 e. The number of hydrogen-bond acceptors (Lipinski definition) is 3. The second-order valence-electron chi connectivity index (χ2n) is 5.23. The van der Waals surface area contributed by atoms with Crippen LogP contribution in [0.1, 0.15) is 69.9 Å². The van der Waals surface area contributed by atoms with Gasteiger partial charge in [-0.3, -0.25) is 0 Å². The van der Waals surface area contributed by atoms with Gasteiger partial charge in [-0.1, -0.05) is 25.3 Å². The van der Waals surface area contributed by atoms with E-state index in [9.17, 15) is 9.59 Å². The van der Waals surface area contributed by atoms with Gasteiger partial charge in [-0.25, -0.2) is 9.59 Å². The van der Waals surface area contributed by atoms with Gasteiger partial charge in [-0.15, -0.1) is 0 Å². The van der Waals surface area contributed by atoms with E-state index in [4.69, 9.17) is 4.74 Å². The Balaban J connectivity index is 2.13. The standard InChI is InChI=1S/C15H16O3/c1-9-7-8-11-13(15(17)18-14(11)16)12(9)10-5-3-2-4-6-10/h7-8,10H,2-6H2,1H3. The molecule has 1 saturated carbocycles. The number of cyclic esters (lactones) is 2. The molecule has 3 rings (SSSR count). The van der Waals surface area contributed by atoms with Gasteiger partial charge in [0.05, 0.1) is 11.1 Å². The van der Waals surface area contributed by atoms with Crippen molar-refractivity contribution in [1.82, 2.24) is 0 Å². The van der Waals surface area contributed by atoms with Gasteiger partial charge >= 0.3 is 11.9 Å². The van der Waals surface area contributed by atoms with E-state index >= 15 is 0 Å². The highest BCUT2D eigenvalue weighted by atomic mass is 16.6. The molecule has 3 nitrogen and oxygen atoms in total. The van der Waals surface area contributed by atoms with Crippen LogP contribution >= 0.6 is 0 Å². The lowest BCUT2D eigenvalue weighted by Crippen LogP contribution is -2.11. The summed E-state index contributed by atoms with van der Waals surface area (Å²) in [5.41, 5.74) is 3.15. The van der Waals surface area contributed by atoms with Gasteiger partial charge in [0.2, 0.25) is 0 Å². The number of ether oxygens (including phenoxy) is 1. The summed E-state index contributed by atoms with van der Waals surface area (Å²) in [5, 5.41) is 0. The minimum absolute atomic E-state index is 0.409. The Morgan fingerprint density at radius 1 is 1.06 bits per heavy atom. The van der Waals surface area contributed by atoms with Crippen LogP contribution < -0.4 is 0 Å². The molecule has 0 unspecified atom stereocenters. The van der Waals surface area contributed by atoms with E-state index in [0.717, 1.165) is 24.0 Å². The molecule has 0 amide bonds. The van der Waals surface area contributed by atoms with E-state index in [2.05, 4.69) is 0 Å². The molecule has 2 aliphatic rings. The minimum atomic E-state index is -0.493. The summed E-state index contributed by atoms with van der Waals surface area (Å²) in [5.74, 6) is -0.543. The quantitative estimate of drug-likeness (QED) is 0.562. The fourth-order valence-electron chi connectivity index (χ4n) is 3.22. The van der Waals surface area contributed by atoms with Crippen LogP contribution in [-0.4, -0.2) is 11.9 Å². The third kappa shape index (κ3) is 1.65. The molecule has 94 valence electrons. The van der Waals surface area contributed by atoms with Gasteiger partial charge < -0.3 is 4.74 Å². The van der Waals surface area contributed by atoms with Crippen molar-refractivity contribution in [2.45, 2.75) is 44.9 Å². The zero-order valence-corrected chi connectivity index (χ0v) is 10.5.